The predicted octanol–water partition coefficient (Wildman–Crippen LogP) is 0.976. The van der Waals surface area contributed by atoms with Crippen molar-refractivity contribution in [3.63, 3.8) is 0 Å². The highest BCUT2D eigenvalue weighted by molar-refractivity contribution is 7.80. The Hall–Kier alpha value is -2.35. The van der Waals surface area contributed by atoms with Gasteiger partial charge >= 0.3 is 5.97 Å². The van der Waals surface area contributed by atoms with Crippen LogP contribution in [-0.2, 0) is 4.79 Å². The Kier molecular flexibility index (Phi) is 6.96. The van der Waals surface area contributed by atoms with Crippen molar-refractivity contribution < 1.29 is 19.4 Å². The van der Waals surface area contributed by atoms with Gasteiger partial charge in [0, 0.05) is 12.6 Å². The largest absolute Gasteiger partial charge is 0.490 e. The van der Waals surface area contributed by atoms with Crippen LogP contribution in [0.1, 0.15) is 12.5 Å². The van der Waals surface area contributed by atoms with Gasteiger partial charge in [-0.1, -0.05) is 6.07 Å². The molecule has 0 radical (unpaired) electrons. The van der Waals surface area contributed by atoms with Crippen LogP contribution >= 0.6 is 12.2 Å². The molecule has 0 heterocycles. The van der Waals surface area contributed by atoms with Crippen LogP contribution in [-0.4, -0.2) is 42.7 Å². The van der Waals surface area contributed by atoms with Crippen LogP contribution in [0.3, 0.4) is 0 Å². The number of aliphatic carboxylic acids is 1. The third-order valence-electron chi connectivity index (χ3n) is 2.25. The SMILES string of the molecule is CCOc1cccc(/C=N/NC(=S)NC)c1OCC(=O)O. The molecule has 0 amide bonds. The van der Waals surface area contributed by atoms with E-state index >= 15 is 0 Å². The van der Waals surface area contributed by atoms with Crippen molar-refractivity contribution in [3.05, 3.63) is 23.8 Å². The van der Waals surface area contributed by atoms with Crippen molar-refractivity contribution in [1.82, 2.24) is 10.7 Å². The van der Waals surface area contributed by atoms with Gasteiger partial charge in [-0.15, -0.1) is 0 Å². The molecule has 1 rings (SSSR count). The summed E-state index contributed by atoms with van der Waals surface area (Å²) in [5, 5.41) is 15.7. The summed E-state index contributed by atoms with van der Waals surface area (Å²) in [5.74, 6) is -0.291. The Morgan fingerprint density at radius 2 is 2.24 bits per heavy atom. The van der Waals surface area contributed by atoms with Crippen LogP contribution in [0.5, 0.6) is 11.5 Å². The van der Waals surface area contributed by atoms with Crippen LogP contribution in [0.25, 0.3) is 0 Å². The van der Waals surface area contributed by atoms with Crippen LogP contribution in [0.4, 0.5) is 0 Å². The minimum atomic E-state index is -1.07. The summed E-state index contributed by atoms with van der Waals surface area (Å²) >= 11 is 4.89. The molecule has 7 nitrogen and oxygen atoms in total. The highest BCUT2D eigenvalue weighted by Gasteiger charge is 2.11. The van der Waals surface area contributed by atoms with Gasteiger partial charge in [-0.05, 0) is 31.3 Å². The number of para-hydroxylation sites is 1. The third kappa shape index (κ3) is 5.65. The van der Waals surface area contributed by atoms with Gasteiger partial charge in [-0.25, -0.2) is 4.79 Å². The van der Waals surface area contributed by atoms with Crippen molar-refractivity contribution in [3.8, 4) is 11.5 Å². The van der Waals surface area contributed by atoms with Gasteiger partial charge < -0.3 is 19.9 Å². The van der Waals surface area contributed by atoms with E-state index in [1.165, 1.54) is 6.21 Å². The molecule has 0 aliphatic heterocycles. The average molecular weight is 311 g/mol. The second kappa shape index (κ2) is 8.75. The Bertz CT molecular complexity index is 534. The maximum Gasteiger partial charge on any atom is 0.341 e. The van der Waals surface area contributed by atoms with Gasteiger partial charge in [0.2, 0.25) is 0 Å². The minimum absolute atomic E-state index is 0.322. The molecule has 1 aromatic carbocycles. The molecule has 0 saturated heterocycles. The molecule has 0 unspecified atom stereocenters. The number of hydrogen-bond donors (Lipinski definition) is 3. The molecule has 0 aliphatic rings. The van der Waals surface area contributed by atoms with E-state index in [-0.39, 0.29) is 0 Å². The van der Waals surface area contributed by atoms with Crippen molar-refractivity contribution in [2.45, 2.75) is 6.92 Å². The summed E-state index contributed by atoms with van der Waals surface area (Å²) in [6, 6.07) is 5.19. The predicted molar refractivity (Wildman–Crippen MR) is 83.1 cm³/mol. The van der Waals surface area contributed by atoms with Gasteiger partial charge in [0.05, 0.1) is 12.8 Å². The van der Waals surface area contributed by atoms with Crippen LogP contribution in [0, 0.1) is 0 Å². The molecule has 0 fully saturated rings. The molecular formula is C13H17N3O4S. The number of carboxylic acids is 1. The van der Waals surface area contributed by atoms with Gasteiger partial charge in [-0.3, -0.25) is 5.43 Å². The van der Waals surface area contributed by atoms with Crippen LogP contribution < -0.4 is 20.2 Å². The lowest BCUT2D eigenvalue weighted by Crippen LogP contribution is -2.28. The normalized spacial score (nSPS) is 10.2. The molecule has 114 valence electrons. The first-order valence-electron chi connectivity index (χ1n) is 6.19. The monoisotopic (exact) mass is 311 g/mol. The second-order valence-corrected chi connectivity index (χ2v) is 4.15. The van der Waals surface area contributed by atoms with E-state index in [0.717, 1.165) is 0 Å². The van der Waals surface area contributed by atoms with E-state index in [9.17, 15) is 4.79 Å². The van der Waals surface area contributed by atoms with Crippen molar-refractivity contribution >= 4 is 29.5 Å². The van der Waals surface area contributed by atoms with Crippen molar-refractivity contribution in [2.75, 3.05) is 20.3 Å². The molecule has 3 N–H and O–H groups in total. The van der Waals surface area contributed by atoms with Crippen molar-refractivity contribution in [2.24, 2.45) is 5.10 Å². The molecule has 0 aliphatic carbocycles. The quantitative estimate of drug-likeness (QED) is 0.393. The van der Waals surface area contributed by atoms with E-state index in [1.807, 2.05) is 6.92 Å². The zero-order valence-corrected chi connectivity index (χ0v) is 12.6. The summed E-state index contributed by atoms with van der Waals surface area (Å²) in [6.07, 6.45) is 1.48. The van der Waals surface area contributed by atoms with E-state index in [2.05, 4.69) is 15.8 Å². The molecule has 1 aromatic rings. The number of thiocarbonyl (C=S) groups is 1. The Balaban J connectivity index is 2.96. The molecule has 0 bridgehead atoms. The lowest BCUT2D eigenvalue weighted by Gasteiger charge is -2.12. The summed E-state index contributed by atoms with van der Waals surface area (Å²) in [5.41, 5.74) is 3.18. The number of carbonyl (C=O) groups is 1. The number of nitrogens with zero attached hydrogens (tertiary/aromatic N) is 1. The first-order valence-corrected chi connectivity index (χ1v) is 6.60. The molecule has 0 aromatic heterocycles. The molecule has 0 atom stereocenters. The standard InChI is InChI=1S/C13H17N3O4S/c1-3-19-10-6-4-5-9(7-15-16-13(21)14-2)12(10)20-8-11(17)18/h4-7H,3,8H2,1-2H3,(H,17,18)(H2,14,16,21)/b15-7+. The minimum Gasteiger partial charge on any atom is -0.490 e. The summed E-state index contributed by atoms with van der Waals surface area (Å²) in [4.78, 5) is 10.7. The van der Waals surface area contributed by atoms with E-state index in [4.69, 9.17) is 26.8 Å². The fourth-order valence-electron chi connectivity index (χ4n) is 1.41. The van der Waals surface area contributed by atoms with Gasteiger partial charge in [-0.2, -0.15) is 5.10 Å². The van der Waals surface area contributed by atoms with E-state index in [0.29, 0.717) is 28.8 Å². The molecule has 21 heavy (non-hydrogen) atoms. The molecule has 0 spiro atoms. The maximum atomic E-state index is 10.7. The van der Waals surface area contributed by atoms with Crippen LogP contribution in [0.2, 0.25) is 0 Å². The zero-order valence-electron chi connectivity index (χ0n) is 11.8. The lowest BCUT2D eigenvalue weighted by atomic mass is 10.2. The number of hydrogen-bond acceptors (Lipinski definition) is 5. The van der Waals surface area contributed by atoms with Gasteiger partial charge in [0.1, 0.15) is 0 Å². The van der Waals surface area contributed by atoms with Gasteiger partial charge in [0.25, 0.3) is 0 Å². The number of carboxylic acid groups (broad SMARTS) is 1. The highest BCUT2D eigenvalue weighted by atomic mass is 32.1. The first kappa shape index (κ1) is 16.7. The average Bonchev–Trinajstić information content (AvgIpc) is 2.46. The second-order valence-electron chi connectivity index (χ2n) is 3.74. The fraction of sp³-hybridized carbons (Fsp3) is 0.308. The summed E-state index contributed by atoms with van der Waals surface area (Å²) in [7, 11) is 1.67. The highest BCUT2D eigenvalue weighted by Crippen LogP contribution is 2.30. The fourth-order valence-corrected chi connectivity index (χ4v) is 1.46. The number of hydrazone groups is 1. The smallest absolute Gasteiger partial charge is 0.341 e. The topological polar surface area (TPSA) is 92.2 Å². The maximum absolute atomic E-state index is 10.7. The Morgan fingerprint density at radius 3 is 2.86 bits per heavy atom. The summed E-state index contributed by atoms with van der Waals surface area (Å²) < 4.78 is 10.7. The summed E-state index contributed by atoms with van der Waals surface area (Å²) in [6.45, 7) is 1.80. The van der Waals surface area contributed by atoms with Crippen LogP contribution in [0.15, 0.2) is 23.3 Å². The molecular weight excluding hydrogens is 294 g/mol. The molecule has 0 saturated carbocycles. The number of ether oxygens (including phenoxy) is 2. The first-order chi connectivity index (χ1) is 10.1. The van der Waals surface area contributed by atoms with E-state index < -0.39 is 12.6 Å². The Labute approximate surface area is 127 Å². The van der Waals surface area contributed by atoms with E-state index in [1.54, 1.807) is 25.2 Å². The number of rotatable bonds is 7. The third-order valence-corrected chi connectivity index (χ3v) is 2.54. The zero-order chi connectivity index (χ0) is 15.7. The van der Waals surface area contributed by atoms with Gasteiger partial charge in [0.15, 0.2) is 23.2 Å². The lowest BCUT2D eigenvalue weighted by molar-refractivity contribution is -0.139. The van der Waals surface area contributed by atoms with Crippen molar-refractivity contribution in [1.29, 1.82) is 0 Å². The number of nitrogens with one attached hydrogen (secondary N) is 2. The molecule has 8 heteroatoms. The Morgan fingerprint density at radius 1 is 1.48 bits per heavy atom. The number of benzene rings is 1.